The summed E-state index contributed by atoms with van der Waals surface area (Å²) >= 11 is 4.39. The maximum absolute atomic E-state index is 12.9. The van der Waals surface area contributed by atoms with Gasteiger partial charge in [-0.2, -0.15) is 0 Å². The molecule has 37 heavy (non-hydrogen) atoms. The van der Waals surface area contributed by atoms with Gasteiger partial charge in [-0.3, -0.25) is 0 Å². The van der Waals surface area contributed by atoms with Crippen molar-refractivity contribution in [3.63, 3.8) is 0 Å². The predicted octanol–water partition coefficient (Wildman–Crippen LogP) is 5.13. The summed E-state index contributed by atoms with van der Waals surface area (Å²) in [5, 5.41) is 22.0. The Labute approximate surface area is 229 Å². The molecule has 1 aliphatic carbocycles. The molecule has 2 aromatic rings. The summed E-state index contributed by atoms with van der Waals surface area (Å²) in [4.78, 5) is 23.2. The number of anilines is 1. The van der Waals surface area contributed by atoms with Crippen LogP contribution in [-0.2, 0) is 14.8 Å². The number of carboxylic acids is 2. The Hall–Kier alpha value is -2.15. The van der Waals surface area contributed by atoms with Crippen LogP contribution < -0.4 is 10.1 Å². The van der Waals surface area contributed by atoms with E-state index < -0.39 is 28.6 Å². The topological polar surface area (TPSA) is 133 Å². The van der Waals surface area contributed by atoms with Crippen molar-refractivity contribution in [3.05, 3.63) is 33.6 Å². The largest absolute Gasteiger partial charge is 0.479 e. The van der Waals surface area contributed by atoms with E-state index in [1.807, 2.05) is 24.3 Å². The molecule has 1 aromatic heterocycles. The number of hydrogen-bond donors (Lipinski definition) is 3. The third-order valence-corrected chi connectivity index (χ3v) is 11.1. The number of carbonyl (C=O) groups is 2. The first-order valence-electron chi connectivity index (χ1n) is 12.4. The van der Waals surface area contributed by atoms with Gasteiger partial charge >= 0.3 is 11.9 Å². The number of benzene rings is 1. The van der Waals surface area contributed by atoms with Crippen molar-refractivity contribution >= 4 is 54.9 Å². The second-order valence-corrected chi connectivity index (χ2v) is 13.4. The van der Waals surface area contributed by atoms with Crippen molar-refractivity contribution in [2.75, 3.05) is 30.8 Å². The van der Waals surface area contributed by atoms with E-state index in [2.05, 4.69) is 21.2 Å². The molecule has 9 nitrogen and oxygen atoms in total. The fourth-order valence-electron chi connectivity index (χ4n) is 5.01. The minimum Gasteiger partial charge on any atom is -0.479 e. The van der Waals surface area contributed by atoms with E-state index in [0.717, 1.165) is 48.3 Å². The third kappa shape index (κ3) is 7.04. The van der Waals surface area contributed by atoms with Crippen LogP contribution in [0.5, 0.6) is 5.75 Å². The number of aliphatic carboxylic acids is 1. The van der Waals surface area contributed by atoms with Crippen LogP contribution in [-0.4, -0.2) is 66.4 Å². The normalized spacial score (nSPS) is 18.0. The van der Waals surface area contributed by atoms with Crippen molar-refractivity contribution < 1.29 is 33.0 Å². The summed E-state index contributed by atoms with van der Waals surface area (Å²) in [5.74, 6) is -1.85. The third-order valence-electron chi connectivity index (χ3n) is 6.86. The number of halogens is 1. The van der Waals surface area contributed by atoms with Gasteiger partial charge < -0.3 is 20.3 Å². The van der Waals surface area contributed by atoms with Crippen LogP contribution in [0.4, 0.5) is 5.69 Å². The summed E-state index contributed by atoms with van der Waals surface area (Å²) in [5.41, 5.74) is 1.59. The van der Waals surface area contributed by atoms with E-state index in [9.17, 15) is 23.1 Å². The maximum Gasteiger partial charge on any atom is 0.349 e. The number of sulfonamides is 1. The molecule has 2 heterocycles. The highest BCUT2D eigenvalue weighted by Crippen LogP contribution is 2.46. The molecule has 0 radical (unpaired) electrons. The molecule has 0 amide bonds. The average Bonchev–Trinajstić information content (AvgIpc) is 3.20. The zero-order valence-electron chi connectivity index (χ0n) is 20.3. The molecule has 4 rings (SSSR count). The Morgan fingerprint density at radius 1 is 1.11 bits per heavy atom. The molecule has 1 saturated heterocycles. The fourth-order valence-corrected chi connectivity index (χ4v) is 8.80. The Morgan fingerprint density at radius 3 is 2.46 bits per heavy atom. The zero-order valence-corrected chi connectivity index (χ0v) is 23.5. The molecule has 0 spiro atoms. The van der Waals surface area contributed by atoms with Gasteiger partial charge in [0.1, 0.15) is 0 Å². The summed E-state index contributed by atoms with van der Waals surface area (Å²) in [6.45, 7) is 0.343. The van der Waals surface area contributed by atoms with Gasteiger partial charge in [-0.15, -0.1) is 11.3 Å². The molecule has 0 unspecified atom stereocenters. The monoisotopic (exact) mass is 614 g/mol. The van der Waals surface area contributed by atoms with Gasteiger partial charge in [0.25, 0.3) is 0 Å². The SMILES string of the molecule is O=C(O)COc1c(C(=O)O)sc(-c2cccc(NC3CCN(S(=O)(=O)CC4CCCCC4)CC3)c2)c1Br. The second-order valence-electron chi connectivity index (χ2n) is 9.57. The minimum atomic E-state index is -3.24. The van der Waals surface area contributed by atoms with Crippen molar-refractivity contribution in [1.82, 2.24) is 4.31 Å². The highest BCUT2D eigenvalue weighted by Gasteiger charge is 2.31. The maximum atomic E-state index is 12.9. The van der Waals surface area contributed by atoms with E-state index in [1.54, 1.807) is 4.31 Å². The van der Waals surface area contributed by atoms with Crippen molar-refractivity contribution in [3.8, 4) is 16.2 Å². The molecular formula is C25H31BrN2O7S2. The van der Waals surface area contributed by atoms with Crippen LogP contribution in [0.15, 0.2) is 28.7 Å². The Morgan fingerprint density at radius 2 is 1.81 bits per heavy atom. The minimum absolute atomic E-state index is 0.00456. The van der Waals surface area contributed by atoms with E-state index >= 15 is 0 Å². The highest BCUT2D eigenvalue weighted by molar-refractivity contribution is 9.10. The number of piperidine rings is 1. The van der Waals surface area contributed by atoms with Crippen LogP contribution in [0.1, 0.15) is 54.6 Å². The average molecular weight is 616 g/mol. The standard InChI is InChI=1S/C25H31BrN2O7S2/c26-21-22(35-14-20(29)30)24(25(31)32)36-23(21)17-7-4-8-19(13-17)27-18-9-11-28(12-10-18)37(33,34)15-16-5-2-1-3-6-16/h4,7-8,13,16,18,27H,1-3,5-6,9-12,14-15H2,(H,29,30)(H,31,32). The molecule has 0 bridgehead atoms. The van der Waals surface area contributed by atoms with E-state index in [0.29, 0.717) is 35.3 Å². The molecule has 1 aliphatic heterocycles. The summed E-state index contributed by atoms with van der Waals surface area (Å²) < 4.78 is 33.1. The van der Waals surface area contributed by atoms with Crippen LogP contribution in [0.2, 0.25) is 0 Å². The number of nitrogens with one attached hydrogen (secondary N) is 1. The first-order chi connectivity index (χ1) is 17.6. The van der Waals surface area contributed by atoms with Gasteiger partial charge in [-0.25, -0.2) is 22.3 Å². The van der Waals surface area contributed by atoms with Crippen molar-refractivity contribution in [2.24, 2.45) is 5.92 Å². The molecule has 2 aliphatic rings. The number of carboxylic acid groups (broad SMARTS) is 2. The Balaban J connectivity index is 1.40. The molecule has 3 N–H and O–H groups in total. The summed E-state index contributed by atoms with van der Waals surface area (Å²) in [6, 6.07) is 7.62. The van der Waals surface area contributed by atoms with Gasteiger partial charge in [0.15, 0.2) is 17.2 Å². The number of nitrogens with zero attached hydrogens (tertiary/aromatic N) is 1. The molecular weight excluding hydrogens is 584 g/mol. The number of thiophene rings is 1. The van der Waals surface area contributed by atoms with Gasteiger partial charge in [-0.1, -0.05) is 31.4 Å². The Bertz CT molecular complexity index is 1230. The fraction of sp³-hybridized carbons (Fsp3) is 0.520. The number of aromatic carboxylic acids is 1. The van der Waals surface area contributed by atoms with Gasteiger partial charge in [0, 0.05) is 24.8 Å². The lowest BCUT2D eigenvalue weighted by atomic mass is 9.91. The first kappa shape index (κ1) is 27.9. The summed E-state index contributed by atoms with van der Waals surface area (Å²) in [7, 11) is -3.24. The van der Waals surface area contributed by atoms with Crippen LogP contribution in [0.3, 0.4) is 0 Å². The van der Waals surface area contributed by atoms with Crippen LogP contribution in [0.25, 0.3) is 10.4 Å². The van der Waals surface area contributed by atoms with Gasteiger partial charge in [-0.05, 0) is 65.2 Å². The lowest BCUT2D eigenvalue weighted by molar-refractivity contribution is -0.139. The molecule has 12 heteroatoms. The van der Waals surface area contributed by atoms with Gasteiger partial charge in [0.2, 0.25) is 10.0 Å². The lowest BCUT2D eigenvalue weighted by Crippen LogP contribution is -2.44. The Kier molecular flexibility index (Phi) is 9.15. The number of hydrogen-bond acceptors (Lipinski definition) is 7. The van der Waals surface area contributed by atoms with Crippen molar-refractivity contribution in [1.29, 1.82) is 0 Å². The second kappa shape index (κ2) is 12.1. The van der Waals surface area contributed by atoms with E-state index in [4.69, 9.17) is 9.84 Å². The highest BCUT2D eigenvalue weighted by atomic mass is 79.9. The predicted molar refractivity (Wildman–Crippen MR) is 146 cm³/mol. The molecule has 2 fully saturated rings. The van der Waals surface area contributed by atoms with Crippen LogP contribution in [0, 0.1) is 5.92 Å². The van der Waals surface area contributed by atoms with E-state index in [-0.39, 0.29) is 28.3 Å². The van der Waals surface area contributed by atoms with Crippen molar-refractivity contribution in [2.45, 2.75) is 51.0 Å². The van der Waals surface area contributed by atoms with Gasteiger partial charge in [0.05, 0.1) is 15.1 Å². The smallest absolute Gasteiger partial charge is 0.349 e. The number of rotatable bonds is 10. The quantitative estimate of drug-likeness (QED) is 0.335. The van der Waals surface area contributed by atoms with Crippen LogP contribution >= 0.6 is 27.3 Å². The summed E-state index contributed by atoms with van der Waals surface area (Å²) in [6.07, 6.45) is 6.88. The molecule has 202 valence electrons. The lowest BCUT2D eigenvalue weighted by Gasteiger charge is -2.33. The molecule has 1 saturated carbocycles. The zero-order chi connectivity index (χ0) is 26.6. The van der Waals surface area contributed by atoms with E-state index in [1.165, 1.54) is 6.42 Å². The first-order valence-corrected chi connectivity index (χ1v) is 15.6. The molecule has 1 aromatic carbocycles. The molecule has 0 atom stereocenters. The number of ether oxygens (including phenoxy) is 1.